The van der Waals surface area contributed by atoms with Gasteiger partial charge in [-0.25, -0.2) is 4.99 Å². The average molecular weight is 355 g/mol. The minimum absolute atomic E-state index is 0.975. The first-order valence-corrected chi connectivity index (χ1v) is 9.11. The van der Waals surface area contributed by atoms with Gasteiger partial charge < -0.3 is 5.32 Å². The van der Waals surface area contributed by atoms with Crippen molar-refractivity contribution in [2.45, 2.75) is 27.7 Å². The summed E-state index contributed by atoms with van der Waals surface area (Å²) in [6, 6.07) is 20.5. The molecule has 0 bridgehead atoms. The van der Waals surface area contributed by atoms with E-state index in [-0.39, 0.29) is 0 Å². The third-order valence-electron chi connectivity index (χ3n) is 4.59. The lowest BCUT2D eigenvalue weighted by molar-refractivity contribution is 1.33. The molecule has 27 heavy (non-hydrogen) atoms. The topological polar surface area (TPSA) is 36.8 Å². The van der Waals surface area contributed by atoms with Crippen LogP contribution >= 0.6 is 0 Å². The molecule has 0 aliphatic rings. The Balaban J connectivity index is 1.82. The lowest BCUT2D eigenvalue weighted by Gasteiger charge is -2.07. The second-order valence-electron chi connectivity index (χ2n) is 6.73. The predicted molar refractivity (Wildman–Crippen MR) is 117 cm³/mol. The van der Waals surface area contributed by atoms with Crippen molar-refractivity contribution in [2.24, 2.45) is 9.98 Å². The highest BCUT2D eigenvalue weighted by atomic mass is 14.9. The molecule has 1 N–H and O–H groups in total. The summed E-state index contributed by atoms with van der Waals surface area (Å²) < 4.78 is 0. The fourth-order valence-electron chi connectivity index (χ4n) is 3.06. The SMILES string of the molecule is Cc1cccc(C)c1N=CNc1ccccc1C=Nc1c(C)cccc1C. The van der Waals surface area contributed by atoms with Gasteiger partial charge in [0.15, 0.2) is 0 Å². The van der Waals surface area contributed by atoms with Crippen LogP contribution in [0.3, 0.4) is 0 Å². The Bertz CT molecular complexity index is 960. The monoisotopic (exact) mass is 355 g/mol. The molecular formula is C24H25N3. The van der Waals surface area contributed by atoms with Crippen LogP contribution in [0.1, 0.15) is 27.8 Å². The fourth-order valence-corrected chi connectivity index (χ4v) is 3.06. The number of rotatable bonds is 5. The second-order valence-corrected chi connectivity index (χ2v) is 6.73. The number of para-hydroxylation sites is 3. The zero-order valence-corrected chi connectivity index (χ0v) is 16.3. The van der Waals surface area contributed by atoms with E-state index in [1.807, 2.05) is 30.5 Å². The van der Waals surface area contributed by atoms with Gasteiger partial charge in [0.25, 0.3) is 0 Å². The highest BCUT2D eigenvalue weighted by Gasteiger charge is 2.02. The van der Waals surface area contributed by atoms with Crippen LogP contribution in [0.4, 0.5) is 17.1 Å². The molecule has 3 aromatic carbocycles. The third-order valence-corrected chi connectivity index (χ3v) is 4.59. The lowest BCUT2D eigenvalue weighted by atomic mass is 10.1. The van der Waals surface area contributed by atoms with Gasteiger partial charge in [-0.05, 0) is 56.0 Å². The summed E-state index contributed by atoms with van der Waals surface area (Å²) in [7, 11) is 0. The molecule has 3 heteroatoms. The average Bonchev–Trinajstić information content (AvgIpc) is 2.65. The largest absolute Gasteiger partial charge is 0.346 e. The van der Waals surface area contributed by atoms with Crippen LogP contribution in [0, 0.1) is 27.7 Å². The molecule has 3 nitrogen and oxygen atoms in total. The Kier molecular flexibility index (Phi) is 5.82. The normalized spacial score (nSPS) is 11.4. The smallest absolute Gasteiger partial charge is 0.0930 e. The van der Waals surface area contributed by atoms with Crippen molar-refractivity contribution in [1.29, 1.82) is 0 Å². The summed E-state index contributed by atoms with van der Waals surface area (Å²) in [5, 5.41) is 3.30. The van der Waals surface area contributed by atoms with Crippen LogP contribution in [0.15, 0.2) is 70.6 Å². The van der Waals surface area contributed by atoms with E-state index < -0.39 is 0 Å². The first-order valence-electron chi connectivity index (χ1n) is 9.11. The number of hydrogen-bond acceptors (Lipinski definition) is 2. The van der Waals surface area contributed by atoms with Crippen LogP contribution < -0.4 is 5.32 Å². The predicted octanol–water partition coefficient (Wildman–Crippen LogP) is 6.44. The maximum absolute atomic E-state index is 4.72. The molecule has 0 heterocycles. The molecule has 0 radical (unpaired) electrons. The number of hydrogen-bond donors (Lipinski definition) is 1. The van der Waals surface area contributed by atoms with E-state index in [2.05, 4.69) is 74.4 Å². The minimum Gasteiger partial charge on any atom is -0.346 e. The van der Waals surface area contributed by atoms with Gasteiger partial charge in [0.2, 0.25) is 0 Å². The van der Waals surface area contributed by atoms with E-state index in [1.165, 1.54) is 11.1 Å². The van der Waals surface area contributed by atoms with Crippen molar-refractivity contribution >= 4 is 29.6 Å². The second kappa shape index (κ2) is 8.45. The van der Waals surface area contributed by atoms with Gasteiger partial charge in [-0.3, -0.25) is 4.99 Å². The van der Waals surface area contributed by atoms with Crippen molar-refractivity contribution < 1.29 is 0 Å². The molecule has 3 aromatic rings. The number of benzene rings is 3. The minimum atomic E-state index is 0.975. The molecule has 3 rings (SSSR count). The molecule has 0 saturated carbocycles. The first-order chi connectivity index (χ1) is 13.1. The molecule has 0 aliphatic carbocycles. The maximum Gasteiger partial charge on any atom is 0.0930 e. The molecule has 0 fully saturated rings. The zero-order valence-electron chi connectivity index (χ0n) is 16.3. The third kappa shape index (κ3) is 4.50. The Hall–Kier alpha value is -3.20. The first kappa shape index (κ1) is 18.6. The molecule has 0 atom stereocenters. The van der Waals surface area contributed by atoms with Gasteiger partial charge >= 0.3 is 0 Å². The van der Waals surface area contributed by atoms with E-state index in [9.17, 15) is 0 Å². The summed E-state index contributed by atoms with van der Waals surface area (Å²) in [5.74, 6) is 0. The van der Waals surface area contributed by atoms with Crippen molar-refractivity contribution in [2.75, 3.05) is 5.32 Å². The summed E-state index contributed by atoms with van der Waals surface area (Å²) in [5.41, 5.74) is 8.70. The highest BCUT2D eigenvalue weighted by Crippen LogP contribution is 2.24. The quantitative estimate of drug-likeness (QED) is 0.415. The van der Waals surface area contributed by atoms with E-state index in [0.29, 0.717) is 0 Å². The Morgan fingerprint density at radius 1 is 0.630 bits per heavy atom. The van der Waals surface area contributed by atoms with Gasteiger partial charge in [0.1, 0.15) is 0 Å². The van der Waals surface area contributed by atoms with Crippen LogP contribution in [0.25, 0.3) is 0 Å². The summed E-state index contributed by atoms with van der Waals surface area (Å²) in [6.07, 6.45) is 3.66. The lowest BCUT2D eigenvalue weighted by Crippen LogP contribution is -1.99. The molecular weight excluding hydrogens is 330 g/mol. The van der Waals surface area contributed by atoms with Gasteiger partial charge in [-0.1, -0.05) is 54.6 Å². The Morgan fingerprint density at radius 2 is 1.15 bits per heavy atom. The van der Waals surface area contributed by atoms with Crippen LogP contribution in [0.5, 0.6) is 0 Å². The number of aryl methyl sites for hydroxylation is 4. The highest BCUT2D eigenvalue weighted by molar-refractivity contribution is 5.93. The van der Waals surface area contributed by atoms with E-state index >= 15 is 0 Å². The van der Waals surface area contributed by atoms with Crippen molar-refractivity contribution in [1.82, 2.24) is 0 Å². The molecule has 0 aromatic heterocycles. The number of anilines is 1. The van der Waals surface area contributed by atoms with Gasteiger partial charge in [0.05, 0.1) is 17.7 Å². The van der Waals surface area contributed by atoms with E-state index in [0.717, 1.165) is 33.8 Å². The standard InChI is InChI=1S/C24H25N3/c1-17-9-7-10-18(2)23(17)25-15-21-13-5-6-14-22(21)26-16-27-24-19(3)11-8-12-20(24)4/h5-16H,1-4H3,(H,26,27). The number of nitrogens with zero attached hydrogens (tertiary/aromatic N) is 2. The molecule has 0 aliphatic heterocycles. The summed E-state index contributed by atoms with van der Waals surface area (Å²) in [6.45, 7) is 8.32. The Morgan fingerprint density at radius 3 is 1.74 bits per heavy atom. The van der Waals surface area contributed by atoms with Crippen LogP contribution in [-0.4, -0.2) is 12.6 Å². The molecule has 0 spiro atoms. The summed E-state index contributed by atoms with van der Waals surface area (Å²) >= 11 is 0. The van der Waals surface area contributed by atoms with Crippen molar-refractivity contribution in [3.8, 4) is 0 Å². The van der Waals surface area contributed by atoms with Crippen molar-refractivity contribution in [3.05, 3.63) is 88.5 Å². The van der Waals surface area contributed by atoms with Gasteiger partial charge in [-0.15, -0.1) is 0 Å². The number of nitrogens with one attached hydrogen (secondary N) is 1. The van der Waals surface area contributed by atoms with Crippen molar-refractivity contribution in [3.63, 3.8) is 0 Å². The van der Waals surface area contributed by atoms with Crippen LogP contribution in [0.2, 0.25) is 0 Å². The number of aliphatic imine (C=N–C) groups is 2. The van der Waals surface area contributed by atoms with E-state index in [1.54, 1.807) is 6.34 Å². The molecule has 136 valence electrons. The van der Waals surface area contributed by atoms with Gasteiger partial charge in [-0.2, -0.15) is 0 Å². The van der Waals surface area contributed by atoms with Crippen LogP contribution in [-0.2, 0) is 0 Å². The molecule has 0 saturated heterocycles. The molecule has 0 amide bonds. The maximum atomic E-state index is 4.72. The molecule has 0 unspecified atom stereocenters. The Labute approximate surface area is 161 Å². The summed E-state index contributed by atoms with van der Waals surface area (Å²) in [4.78, 5) is 9.33. The zero-order chi connectivity index (χ0) is 19.2. The fraction of sp³-hybridized carbons (Fsp3) is 0.167. The van der Waals surface area contributed by atoms with Gasteiger partial charge in [0, 0.05) is 17.5 Å². The van der Waals surface area contributed by atoms with E-state index in [4.69, 9.17) is 4.99 Å².